The highest BCUT2D eigenvalue weighted by Crippen LogP contribution is 2.08. The molecular formula is C16H24N2O2. The highest BCUT2D eigenvalue weighted by atomic mass is 16.5. The van der Waals surface area contributed by atoms with E-state index in [1.165, 1.54) is 5.56 Å². The molecule has 20 heavy (non-hydrogen) atoms. The number of carbonyl (C=O) groups is 1. The lowest BCUT2D eigenvalue weighted by molar-refractivity contribution is -0.137. The minimum atomic E-state index is -0.157. The zero-order chi connectivity index (χ0) is 14.4. The Bertz CT molecular complexity index is 414. The van der Waals surface area contributed by atoms with Crippen LogP contribution in [0.2, 0.25) is 0 Å². The smallest absolute Gasteiger partial charge is 0.240 e. The quantitative estimate of drug-likeness (QED) is 0.885. The molecule has 1 fully saturated rings. The van der Waals surface area contributed by atoms with Crippen LogP contribution in [0.1, 0.15) is 19.4 Å². The third-order valence-electron chi connectivity index (χ3n) is 3.44. The van der Waals surface area contributed by atoms with Gasteiger partial charge in [0.25, 0.3) is 0 Å². The Morgan fingerprint density at radius 3 is 2.50 bits per heavy atom. The number of nitrogens with one attached hydrogen (secondary N) is 1. The molecule has 1 amide bonds. The number of hydrogen-bond acceptors (Lipinski definition) is 3. The fourth-order valence-corrected chi connectivity index (χ4v) is 2.47. The first-order chi connectivity index (χ1) is 9.66. The van der Waals surface area contributed by atoms with Gasteiger partial charge in [0.2, 0.25) is 5.91 Å². The molecule has 1 aliphatic heterocycles. The van der Waals surface area contributed by atoms with Crippen molar-refractivity contribution in [2.24, 2.45) is 0 Å². The van der Waals surface area contributed by atoms with E-state index in [1.54, 1.807) is 0 Å². The molecule has 1 heterocycles. The van der Waals surface area contributed by atoms with Crippen molar-refractivity contribution in [3.63, 3.8) is 0 Å². The fourth-order valence-electron chi connectivity index (χ4n) is 2.47. The van der Waals surface area contributed by atoms with Crippen molar-refractivity contribution in [3.8, 4) is 0 Å². The van der Waals surface area contributed by atoms with Crippen molar-refractivity contribution in [2.75, 3.05) is 26.3 Å². The summed E-state index contributed by atoms with van der Waals surface area (Å²) in [6.07, 6.45) is 0.731. The highest BCUT2D eigenvalue weighted by molar-refractivity contribution is 5.82. The van der Waals surface area contributed by atoms with Crippen LogP contribution in [0.3, 0.4) is 0 Å². The predicted molar refractivity (Wildman–Crippen MR) is 79.6 cm³/mol. The molecule has 0 radical (unpaired) electrons. The molecule has 4 nitrogen and oxygen atoms in total. The molecule has 0 saturated carbocycles. The Morgan fingerprint density at radius 1 is 1.25 bits per heavy atom. The van der Waals surface area contributed by atoms with E-state index in [2.05, 4.69) is 31.3 Å². The average molecular weight is 276 g/mol. The molecule has 1 atom stereocenters. The summed E-state index contributed by atoms with van der Waals surface area (Å²) in [5.41, 5.74) is 1.19. The first-order valence-corrected chi connectivity index (χ1v) is 7.33. The fraction of sp³-hybridized carbons (Fsp3) is 0.562. The van der Waals surface area contributed by atoms with Crippen LogP contribution in [0, 0.1) is 0 Å². The molecule has 0 bridgehead atoms. The Morgan fingerprint density at radius 2 is 1.90 bits per heavy atom. The molecule has 0 spiro atoms. The van der Waals surface area contributed by atoms with Gasteiger partial charge in [0.05, 0.1) is 19.3 Å². The molecule has 110 valence electrons. The molecule has 4 heteroatoms. The maximum Gasteiger partial charge on any atom is 0.240 e. The van der Waals surface area contributed by atoms with E-state index in [9.17, 15) is 4.79 Å². The molecule has 0 aromatic heterocycles. The summed E-state index contributed by atoms with van der Waals surface area (Å²) in [6.45, 7) is 6.83. The summed E-state index contributed by atoms with van der Waals surface area (Å²) in [5.74, 6) is 0.186. The van der Waals surface area contributed by atoms with Gasteiger partial charge in [-0.1, -0.05) is 44.2 Å². The number of rotatable bonds is 5. The molecule has 1 aliphatic rings. The first-order valence-electron chi connectivity index (χ1n) is 7.33. The summed E-state index contributed by atoms with van der Waals surface area (Å²) in [6, 6.07) is 10.3. The second kappa shape index (κ2) is 7.41. The van der Waals surface area contributed by atoms with Gasteiger partial charge in [0.15, 0.2) is 0 Å². The van der Waals surface area contributed by atoms with Gasteiger partial charge in [-0.3, -0.25) is 4.79 Å². The van der Waals surface area contributed by atoms with Crippen LogP contribution in [0.4, 0.5) is 0 Å². The van der Waals surface area contributed by atoms with Crippen LogP contribution < -0.4 is 5.32 Å². The number of amides is 1. The lowest BCUT2D eigenvalue weighted by Crippen LogP contribution is -2.52. The van der Waals surface area contributed by atoms with Crippen molar-refractivity contribution in [2.45, 2.75) is 32.4 Å². The van der Waals surface area contributed by atoms with Crippen molar-refractivity contribution >= 4 is 5.91 Å². The second-order valence-corrected chi connectivity index (χ2v) is 5.50. The first kappa shape index (κ1) is 15.0. The Kier molecular flexibility index (Phi) is 5.56. The molecule has 1 aromatic carbocycles. The third kappa shape index (κ3) is 4.32. The Balaban J connectivity index is 2.04. The second-order valence-electron chi connectivity index (χ2n) is 5.50. The molecule has 1 aromatic rings. The number of carbonyl (C=O) groups excluding carboxylic acids is 1. The van der Waals surface area contributed by atoms with E-state index >= 15 is 0 Å². The lowest BCUT2D eigenvalue weighted by atomic mass is 10.0. The lowest BCUT2D eigenvalue weighted by Gasteiger charge is -2.31. The molecular weight excluding hydrogens is 252 g/mol. The number of ether oxygens (including phenoxy) is 1. The molecule has 0 aliphatic carbocycles. The summed E-state index contributed by atoms with van der Waals surface area (Å²) >= 11 is 0. The van der Waals surface area contributed by atoms with Gasteiger partial charge in [-0.05, 0) is 12.0 Å². The SMILES string of the molecule is CC(C)N[C@@H](Cc1ccccc1)C(=O)N1CCOCC1. The molecule has 2 rings (SSSR count). The maximum absolute atomic E-state index is 12.6. The highest BCUT2D eigenvalue weighted by Gasteiger charge is 2.26. The van der Waals surface area contributed by atoms with Gasteiger partial charge in [-0.2, -0.15) is 0 Å². The normalized spacial score (nSPS) is 17.2. The summed E-state index contributed by atoms with van der Waals surface area (Å²) < 4.78 is 5.31. The number of benzene rings is 1. The summed E-state index contributed by atoms with van der Waals surface area (Å²) in [4.78, 5) is 14.6. The third-order valence-corrected chi connectivity index (χ3v) is 3.44. The topological polar surface area (TPSA) is 41.6 Å². The van der Waals surface area contributed by atoms with Gasteiger partial charge < -0.3 is 15.0 Å². The van der Waals surface area contributed by atoms with Gasteiger partial charge in [0, 0.05) is 19.1 Å². The van der Waals surface area contributed by atoms with E-state index in [0.29, 0.717) is 26.3 Å². The molecule has 1 saturated heterocycles. The predicted octanol–water partition coefficient (Wildman–Crippen LogP) is 1.45. The summed E-state index contributed by atoms with van der Waals surface area (Å²) in [7, 11) is 0. The average Bonchev–Trinajstić information content (AvgIpc) is 2.47. The van der Waals surface area contributed by atoms with Crippen molar-refractivity contribution in [1.29, 1.82) is 0 Å². The summed E-state index contributed by atoms with van der Waals surface area (Å²) in [5, 5.41) is 3.39. The van der Waals surface area contributed by atoms with Crippen LogP contribution in [0.15, 0.2) is 30.3 Å². The number of hydrogen-bond donors (Lipinski definition) is 1. The van der Waals surface area contributed by atoms with E-state index in [-0.39, 0.29) is 18.0 Å². The number of nitrogens with zero attached hydrogens (tertiary/aromatic N) is 1. The monoisotopic (exact) mass is 276 g/mol. The van der Waals surface area contributed by atoms with Crippen LogP contribution >= 0.6 is 0 Å². The van der Waals surface area contributed by atoms with Crippen LogP contribution in [0.25, 0.3) is 0 Å². The molecule has 1 N–H and O–H groups in total. The van der Waals surface area contributed by atoms with E-state index in [4.69, 9.17) is 4.74 Å². The zero-order valence-corrected chi connectivity index (χ0v) is 12.3. The maximum atomic E-state index is 12.6. The van der Waals surface area contributed by atoms with E-state index in [0.717, 1.165) is 6.42 Å². The van der Waals surface area contributed by atoms with Gasteiger partial charge in [0.1, 0.15) is 0 Å². The molecule has 0 unspecified atom stereocenters. The van der Waals surface area contributed by atoms with Gasteiger partial charge in [-0.25, -0.2) is 0 Å². The van der Waals surface area contributed by atoms with Gasteiger partial charge in [-0.15, -0.1) is 0 Å². The minimum absolute atomic E-state index is 0.157. The van der Waals surface area contributed by atoms with E-state index < -0.39 is 0 Å². The van der Waals surface area contributed by atoms with Crippen molar-refractivity contribution in [3.05, 3.63) is 35.9 Å². The van der Waals surface area contributed by atoms with Crippen molar-refractivity contribution < 1.29 is 9.53 Å². The van der Waals surface area contributed by atoms with E-state index in [1.807, 2.05) is 23.1 Å². The van der Waals surface area contributed by atoms with Gasteiger partial charge >= 0.3 is 0 Å². The van der Waals surface area contributed by atoms with Crippen LogP contribution in [0.5, 0.6) is 0 Å². The van der Waals surface area contributed by atoms with Crippen LogP contribution in [-0.4, -0.2) is 49.2 Å². The zero-order valence-electron chi connectivity index (χ0n) is 12.3. The number of morpholine rings is 1. The van der Waals surface area contributed by atoms with Crippen LogP contribution in [-0.2, 0) is 16.0 Å². The Labute approximate surface area is 121 Å². The Hall–Kier alpha value is -1.39. The minimum Gasteiger partial charge on any atom is -0.378 e. The van der Waals surface area contributed by atoms with Crippen molar-refractivity contribution in [1.82, 2.24) is 10.2 Å². The standard InChI is InChI=1S/C16H24N2O2/c1-13(2)17-15(12-14-6-4-3-5-7-14)16(19)18-8-10-20-11-9-18/h3-7,13,15,17H,8-12H2,1-2H3/t15-/m0/s1. The largest absolute Gasteiger partial charge is 0.378 e.